The molecule has 1 unspecified atom stereocenters. The average Bonchev–Trinajstić information content (AvgIpc) is 2.87. The quantitative estimate of drug-likeness (QED) is 0.477. The second kappa shape index (κ2) is 12.8. The molecule has 1 aliphatic rings. The molecule has 0 radical (unpaired) electrons. The zero-order valence-electron chi connectivity index (χ0n) is 20.2. The predicted octanol–water partition coefficient (Wildman–Crippen LogP) is 4.37. The molecular weight excluding hydrogens is 460 g/mol. The van der Waals surface area contributed by atoms with Crippen LogP contribution in [0.4, 0.5) is 0 Å². The summed E-state index contributed by atoms with van der Waals surface area (Å²) in [5, 5.41) is 17.0. The molecule has 0 bridgehead atoms. The van der Waals surface area contributed by atoms with Crippen LogP contribution >= 0.6 is 11.8 Å². The van der Waals surface area contributed by atoms with Gasteiger partial charge in [0.25, 0.3) is 0 Å². The lowest BCUT2D eigenvalue weighted by molar-refractivity contribution is -0.138. The minimum absolute atomic E-state index is 0.107. The number of ether oxygens (including phenoxy) is 1. The molecular formula is C27H30N4O3S. The van der Waals surface area contributed by atoms with Gasteiger partial charge in [0.2, 0.25) is 5.91 Å². The standard InChI is InChI=1S/C27H30N4O3S/c1-4-34-27(33)24-23(19-11-13-29-14-12-19)21(16-28)26(31-25(24)20-8-6-5-7-9-20)35-17-22(32)30-15-10-18(2)3/h5-9,11-14,18,23,31H,4,10,15,17H2,1-3H3,(H,30,32). The summed E-state index contributed by atoms with van der Waals surface area (Å²) in [5.74, 6) is -0.624. The van der Waals surface area contributed by atoms with Gasteiger partial charge in [-0.25, -0.2) is 4.79 Å². The molecule has 182 valence electrons. The minimum atomic E-state index is -0.662. The fraction of sp³-hybridized carbons (Fsp3) is 0.333. The third-order valence-corrected chi connectivity index (χ3v) is 6.46. The zero-order valence-corrected chi connectivity index (χ0v) is 21.0. The lowest BCUT2D eigenvalue weighted by Crippen LogP contribution is -2.31. The molecule has 2 N–H and O–H groups in total. The van der Waals surface area contributed by atoms with Crippen molar-refractivity contribution < 1.29 is 14.3 Å². The van der Waals surface area contributed by atoms with Gasteiger partial charge >= 0.3 is 5.97 Å². The van der Waals surface area contributed by atoms with Crippen molar-refractivity contribution in [1.82, 2.24) is 15.6 Å². The van der Waals surface area contributed by atoms with Crippen molar-refractivity contribution in [2.45, 2.75) is 33.1 Å². The number of aromatic nitrogens is 1. The number of amides is 1. The fourth-order valence-corrected chi connectivity index (χ4v) is 4.61. The Labute approximate surface area is 210 Å². The number of carbonyl (C=O) groups is 2. The van der Waals surface area contributed by atoms with E-state index in [1.54, 1.807) is 31.5 Å². The van der Waals surface area contributed by atoms with Crippen LogP contribution in [0, 0.1) is 17.2 Å². The van der Waals surface area contributed by atoms with E-state index >= 15 is 0 Å². The summed E-state index contributed by atoms with van der Waals surface area (Å²) in [6, 6.07) is 15.3. The Bertz CT molecular complexity index is 1140. The van der Waals surface area contributed by atoms with E-state index in [0.717, 1.165) is 17.5 Å². The lowest BCUT2D eigenvalue weighted by Gasteiger charge is -2.30. The summed E-state index contributed by atoms with van der Waals surface area (Å²) >= 11 is 1.25. The summed E-state index contributed by atoms with van der Waals surface area (Å²) in [6.45, 7) is 6.77. The summed E-state index contributed by atoms with van der Waals surface area (Å²) in [4.78, 5) is 29.8. The SMILES string of the molecule is CCOC(=O)C1=C(c2ccccc2)NC(SCC(=O)NCCC(C)C)=C(C#N)C1c1ccncc1. The molecule has 8 heteroatoms. The Hall–Kier alpha value is -3.57. The smallest absolute Gasteiger partial charge is 0.337 e. The van der Waals surface area contributed by atoms with Gasteiger partial charge in [0.1, 0.15) is 0 Å². The second-order valence-corrected chi connectivity index (χ2v) is 9.38. The molecule has 0 fully saturated rings. The van der Waals surface area contributed by atoms with Gasteiger partial charge in [-0.3, -0.25) is 9.78 Å². The number of benzene rings is 1. The van der Waals surface area contributed by atoms with Gasteiger partial charge < -0.3 is 15.4 Å². The maximum atomic E-state index is 13.2. The number of thioether (sulfide) groups is 1. The van der Waals surface area contributed by atoms with Crippen molar-refractivity contribution in [1.29, 1.82) is 5.26 Å². The van der Waals surface area contributed by atoms with Gasteiger partial charge in [-0.05, 0) is 42.5 Å². The number of pyridine rings is 1. The molecule has 3 rings (SSSR count). The van der Waals surface area contributed by atoms with Crippen LogP contribution in [0.1, 0.15) is 44.2 Å². The van der Waals surface area contributed by atoms with Crippen molar-refractivity contribution >= 4 is 29.3 Å². The number of dihydropyridines is 1. The number of allylic oxidation sites excluding steroid dienone is 1. The maximum absolute atomic E-state index is 13.2. The van der Waals surface area contributed by atoms with Gasteiger partial charge in [0, 0.05) is 18.9 Å². The Balaban J connectivity index is 2.04. The van der Waals surface area contributed by atoms with E-state index in [1.807, 2.05) is 30.3 Å². The monoisotopic (exact) mass is 490 g/mol. The first-order valence-corrected chi connectivity index (χ1v) is 12.6. The highest BCUT2D eigenvalue weighted by Gasteiger charge is 2.37. The van der Waals surface area contributed by atoms with Crippen LogP contribution in [0.2, 0.25) is 0 Å². The molecule has 1 atom stereocenters. The van der Waals surface area contributed by atoms with Crippen LogP contribution in [-0.2, 0) is 14.3 Å². The third-order valence-electron chi connectivity index (χ3n) is 5.44. The van der Waals surface area contributed by atoms with E-state index in [4.69, 9.17) is 4.74 Å². The zero-order chi connectivity index (χ0) is 25.2. The number of nitrogens with one attached hydrogen (secondary N) is 2. The Morgan fingerprint density at radius 1 is 1.20 bits per heavy atom. The van der Waals surface area contributed by atoms with Crippen LogP contribution in [-0.4, -0.2) is 35.8 Å². The van der Waals surface area contributed by atoms with Gasteiger partial charge in [-0.1, -0.05) is 55.9 Å². The van der Waals surface area contributed by atoms with Crippen molar-refractivity contribution in [3.05, 3.63) is 82.2 Å². The van der Waals surface area contributed by atoms with Gasteiger partial charge in [-0.15, -0.1) is 0 Å². The average molecular weight is 491 g/mol. The Morgan fingerprint density at radius 3 is 2.54 bits per heavy atom. The van der Waals surface area contributed by atoms with E-state index in [2.05, 4.69) is 35.5 Å². The van der Waals surface area contributed by atoms with E-state index < -0.39 is 11.9 Å². The van der Waals surface area contributed by atoms with Crippen molar-refractivity contribution in [3.8, 4) is 6.07 Å². The number of nitrogens with zero attached hydrogens (tertiary/aromatic N) is 2. The molecule has 1 amide bonds. The van der Waals surface area contributed by atoms with Crippen LogP contribution in [0.5, 0.6) is 0 Å². The first kappa shape index (κ1) is 26.0. The minimum Gasteiger partial charge on any atom is -0.463 e. The predicted molar refractivity (Wildman–Crippen MR) is 138 cm³/mol. The summed E-state index contributed by atoms with van der Waals surface area (Å²) in [7, 11) is 0. The molecule has 1 aliphatic heterocycles. The molecule has 1 aromatic heterocycles. The van der Waals surface area contributed by atoms with Gasteiger partial charge in [-0.2, -0.15) is 5.26 Å². The number of esters is 1. The number of carbonyl (C=O) groups excluding carboxylic acids is 2. The van der Waals surface area contributed by atoms with Crippen LogP contribution in [0.25, 0.3) is 5.70 Å². The van der Waals surface area contributed by atoms with E-state index in [0.29, 0.717) is 34.3 Å². The van der Waals surface area contributed by atoms with Crippen molar-refractivity contribution in [3.63, 3.8) is 0 Å². The van der Waals surface area contributed by atoms with Gasteiger partial charge in [0.05, 0.1) is 46.2 Å². The summed E-state index contributed by atoms with van der Waals surface area (Å²) in [6.07, 6.45) is 4.16. The fourth-order valence-electron chi connectivity index (χ4n) is 3.74. The molecule has 1 aromatic carbocycles. The van der Waals surface area contributed by atoms with Crippen molar-refractivity contribution in [2.24, 2.45) is 5.92 Å². The Morgan fingerprint density at radius 2 is 1.91 bits per heavy atom. The van der Waals surface area contributed by atoms with E-state index in [-0.39, 0.29) is 18.3 Å². The number of rotatable bonds is 10. The molecule has 2 aromatic rings. The second-order valence-electron chi connectivity index (χ2n) is 8.39. The number of hydrogen-bond acceptors (Lipinski definition) is 7. The molecule has 35 heavy (non-hydrogen) atoms. The molecule has 2 heterocycles. The first-order chi connectivity index (χ1) is 17.0. The van der Waals surface area contributed by atoms with Crippen LogP contribution in [0.15, 0.2) is 71.0 Å². The number of hydrogen-bond donors (Lipinski definition) is 2. The topological polar surface area (TPSA) is 104 Å². The highest BCUT2D eigenvalue weighted by atomic mass is 32.2. The maximum Gasteiger partial charge on any atom is 0.337 e. The summed E-state index contributed by atoms with van der Waals surface area (Å²) < 4.78 is 5.42. The number of nitriles is 1. The molecule has 0 saturated carbocycles. The largest absolute Gasteiger partial charge is 0.463 e. The Kier molecular flexibility index (Phi) is 9.50. The van der Waals surface area contributed by atoms with E-state index in [9.17, 15) is 14.9 Å². The molecule has 0 aliphatic carbocycles. The molecule has 0 saturated heterocycles. The van der Waals surface area contributed by atoms with Gasteiger partial charge in [0.15, 0.2) is 0 Å². The third kappa shape index (κ3) is 6.74. The van der Waals surface area contributed by atoms with Crippen molar-refractivity contribution in [2.75, 3.05) is 18.9 Å². The first-order valence-electron chi connectivity index (χ1n) is 11.6. The van der Waals surface area contributed by atoms with Crippen LogP contribution in [0.3, 0.4) is 0 Å². The highest BCUT2D eigenvalue weighted by molar-refractivity contribution is 8.03. The lowest BCUT2D eigenvalue weighted by atomic mass is 9.81. The highest BCUT2D eigenvalue weighted by Crippen LogP contribution is 2.43. The summed E-state index contributed by atoms with van der Waals surface area (Å²) in [5.41, 5.74) is 2.80. The van der Waals surface area contributed by atoms with E-state index in [1.165, 1.54) is 11.8 Å². The normalized spacial score (nSPS) is 15.5. The van der Waals surface area contributed by atoms with Crippen LogP contribution < -0.4 is 10.6 Å². The molecule has 0 spiro atoms. The molecule has 7 nitrogen and oxygen atoms in total.